The number of carboxylic acid groups (broad SMARTS) is 1. The number of halogens is 1. The fourth-order valence-electron chi connectivity index (χ4n) is 1.30. The van der Waals surface area contributed by atoms with Crippen molar-refractivity contribution in [3.8, 4) is 0 Å². The van der Waals surface area contributed by atoms with Crippen molar-refractivity contribution >= 4 is 21.9 Å². The van der Waals surface area contributed by atoms with Gasteiger partial charge in [0.2, 0.25) is 0 Å². The summed E-state index contributed by atoms with van der Waals surface area (Å²) in [6.07, 6.45) is 0.925. The lowest BCUT2D eigenvalue weighted by molar-refractivity contribution is -0.137. The summed E-state index contributed by atoms with van der Waals surface area (Å²) in [4.78, 5) is 10.4. The Balaban J connectivity index is 2.56. The van der Waals surface area contributed by atoms with E-state index in [0.717, 1.165) is 4.47 Å². The molecular formula is C11H13BrO2. The first-order valence-electron chi connectivity index (χ1n) is 4.57. The molecule has 0 aromatic heterocycles. The Morgan fingerprint density at radius 2 is 2.00 bits per heavy atom. The van der Waals surface area contributed by atoms with Gasteiger partial charge in [-0.15, -0.1) is 0 Å². The zero-order valence-electron chi connectivity index (χ0n) is 8.03. The maximum atomic E-state index is 10.4. The van der Waals surface area contributed by atoms with Crippen LogP contribution >= 0.6 is 15.9 Å². The van der Waals surface area contributed by atoms with E-state index >= 15 is 0 Å². The molecule has 1 aromatic carbocycles. The standard InChI is InChI=1S/C11H13BrO2/c1-8(2-7-11(13)14)9-3-5-10(12)6-4-9/h3-6,8H,2,7H2,1H3,(H,13,14). The molecule has 14 heavy (non-hydrogen) atoms. The quantitative estimate of drug-likeness (QED) is 0.897. The topological polar surface area (TPSA) is 37.3 Å². The lowest BCUT2D eigenvalue weighted by atomic mass is 9.96. The lowest BCUT2D eigenvalue weighted by Crippen LogP contribution is -1.99. The average Bonchev–Trinajstić information content (AvgIpc) is 2.15. The molecule has 1 unspecified atom stereocenters. The number of hydrogen-bond donors (Lipinski definition) is 1. The van der Waals surface area contributed by atoms with Gasteiger partial charge in [-0.2, -0.15) is 0 Å². The minimum absolute atomic E-state index is 0.233. The van der Waals surface area contributed by atoms with Gasteiger partial charge in [0.1, 0.15) is 0 Å². The van der Waals surface area contributed by atoms with Crippen LogP contribution in [0.5, 0.6) is 0 Å². The van der Waals surface area contributed by atoms with E-state index in [1.165, 1.54) is 5.56 Å². The maximum Gasteiger partial charge on any atom is 0.303 e. The lowest BCUT2D eigenvalue weighted by Gasteiger charge is -2.09. The number of hydrogen-bond acceptors (Lipinski definition) is 1. The molecule has 3 heteroatoms. The van der Waals surface area contributed by atoms with Crippen LogP contribution in [0.2, 0.25) is 0 Å². The van der Waals surface area contributed by atoms with Gasteiger partial charge in [0.15, 0.2) is 0 Å². The minimum Gasteiger partial charge on any atom is -0.481 e. The van der Waals surface area contributed by atoms with Crippen LogP contribution in [-0.4, -0.2) is 11.1 Å². The summed E-state index contributed by atoms with van der Waals surface area (Å²) in [5, 5.41) is 8.55. The third kappa shape index (κ3) is 3.50. The van der Waals surface area contributed by atoms with Crippen molar-refractivity contribution in [2.24, 2.45) is 0 Å². The second-order valence-electron chi connectivity index (χ2n) is 3.39. The molecule has 2 nitrogen and oxygen atoms in total. The van der Waals surface area contributed by atoms with E-state index in [0.29, 0.717) is 12.3 Å². The molecule has 0 aliphatic rings. The van der Waals surface area contributed by atoms with Crippen molar-refractivity contribution in [3.63, 3.8) is 0 Å². The Hall–Kier alpha value is -0.830. The molecule has 0 saturated heterocycles. The summed E-state index contributed by atoms with van der Waals surface area (Å²) in [7, 11) is 0. The molecule has 0 amide bonds. The number of carboxylic acids is 1. The van der Waals surface area contributed by atoms with Crippen LogP contribution in [0.3, 0.4) is 0 Å². The van der Waals surface area contributed by atoms with E-state index in [-0.39, 0.29) is 6.42 Å². The van der Waals surface area contributed by atoms with E-state index in [1.54, 1.807) is 0 Å². The monoisotopic (exact) mass is 256 g/mol. The third-order valence-corrected chi connectivity index (χ3v) is 2.76. The zero-order valence-corrected chi connectivity index (χ0v) is 9.62. The largest absolute Gasteiger partial charge is 0.481 e. The summed E-state index contributed by atoms with van der Waals surface area (Å²) < 4.78 is 1.05. The van der Waals surface area contributed by atoms with Gasteiger partial charge < -0.3 is 5.11 Å². The Bertz CT molecular complexity index is 306. The predicted molar refractivity (Wildman–Crippen MR) is 59.4 cm³/mol. The number of rotatable bonds is 4. The number of aliphatic carboxylic acids is 1. The second kappa shape index (κ2) is 5.15. The van der Waals surface area contributed by atoms with Gasteiger partial charge in [0.25, 0.3) is 0 Å². The van der Waals surface area contributed by atoms with Crippen LogP contribution < -0.4 is 0 Å². The molecule has 0 heterocycles. The Morgan fingerprint density at radius 1 is 1.43 bits per heavy atom. The molecule has 76 valence electrons. The van der Waals surface area contributed by atoms with Gasteiger partial charge in [-0.05, 0) is 30.0 Å². The van der Waals surface area contributed by atoms with Crippen molar-refractivity contribution in [2.45, 2.75) is 25.7 Å². The fraction of sp³-hybridized carbons (Fsp3) is 0.364. The molecule has 1 rings (SSSR count). The van der Waals surface area contributed by atoms with Crippen molar-refractivity contribution in [1.82, 2.24) is 0 Å². The molecule has 1 atom stereocenters. The van der Waals surface area contributed by atoms with Gasteiger partial charge in [0.05, 0.1) is 0 Å². The first-order chi connectivity index (χ1) is 6.59. The Morgan fingerprint density at radius 3 is 2.50 bits per heavy atom. The smallest absolute Gasteiger partial charge is 0.303 e. The van der Waals surface area contributed by atoms with Gasteiger partial charge in [0, 0.05) is 10.9 Å². The Kier molecular flexibility index (Phi) is 4.14. The highest BCUT2D eigenvalue weighted by atomic mass is 79.9. The van der Waals surface area contributed by atoms with Gasteiger partial charge in [-0.25, -0.2) is 0 Å². The predicted octanol–water partition coefficient (Wildman–Crippen LogP) is 3.42. The van der Waals surface area contributed by atoms with Crippen LogP contribution in [0.1, 0.15) is 31.2 Å². The first-order valence-corrected chi connectivity index (χ1v) is 5.36. The molecular weight excluding hydrogens is 244 g/mol. The van der Waals surface area contributed by atoms with Gasteiger partial charge in [-0.1, -0.05) is 35.0 Å². The van der Waals surface area contributed by atoms with Crippen LogP contribution in [0.15, 0.2) is 28.7 Å². The van der Waals surface area contributed by atoms with Crippen molar-refractivity contribution in [2.75, 3.05) is 0 Å². The summed E-state index contributed by atoms with van der Waals surface area (Å²) in [5.74, 6) is -0.423. The molecule has 0 bridgehead atoms. The van der Waals surface area contributed by atoms with Crippen LogP contribution in [-0.2, 0) is 4.79 Å². The number of carbonyl (C=O) groups is 1. The van der Waals surface area contributed by atoms with E-state index < -0.39 is 5.97 Å². The maximum absolute atomic E-state index is 10.4. The molecule has 1 aromatic rings. The van der Waals surface area contributed by atoms with E-state index in [1.807, 2.05) is 31.2 Å². The van der Waals surface area contributed by atoms with Gasteiger partial charge in [-0.3, -0.25) is 4.79 Å². The summed E-state index contributed by atoms with van der Waals surface area (Å²) in [6.45, 7) is 2.05. The summed E-state index contributed by atoms with van der Waals surface area (Å²) in [6, 6.07) is 8.01. The normalized spacial score (nSPS) is 12.4. The second-order valence-corrected chi connectivity index (χ2v) is 4.30. The molecule has 1 N–H and O–H groups in total. The highest BCUT2D eigenvalue weighted by molar-refractivity contribution is 9.10. The summed E-state index contributed by atoms with van der Waals surface area (Å²) in [5.41, 5.74) is 1.19. The third-order valence-electron chi connectivity index (χ3n) is 2.23. The molecule has 0 aliphatic heterocycles. The van der Waals surface area contributed by atoms with Crippen molar-refractivity contribution < 1.29 is 9.90 Å². The highest BCUT2D eigenvalue weighted by Crippen LogP contribution is 2.22. The molecule has 0 spiro atoms. The van der Waals surface area contributed by atoms with E-state index in [2.05, 4.69) is 15.9 Å². The molecule has 0 saturated carbocycles. The average molecular weight is 257 g/mol. The SMILES string of the molecule is CC(CCC(=O)O)c1ccc(Br)cc1. The van der Waals surface area contributed by atoms with E-state index in [4.69, 9.17) is 5.11 Å². The Labute approximate surface area is 92.1 Å². The van der Waals surface area contributed by atoms with Crippen LogP contribution in [0.4, 0.5) is 0 Å². The minimum atomic E-state index is -0.728. The first kappa shape index (κ1) is 11.2. The van der Waals surface area contributed by atoms with Crippen molar-refractivity contribution in [3.05, 3.63) is 34.3 Å². The highest BCUT2D eigenvalue weighted by Gasteiger charge is 2.07. The molecule has 0 aliphatic carbocycles. The van der Waals surface area contributed by atoms with Crippen LogP contribution in [0, 0.1) is 0 Å². The van der Waals surface area contributed by atoms with Crippen molar-refractivity contribution in [1.29, 1.82) is 0 Å². The number of benzene rings is 1. The summed E-state index contributed by atoms with van der Waals surface area (Å²) >= 11 is 3.36. The van der Waals surface area contributed by atoms with Crippen LogP contribution in [0.25, 0.3) is 0 Å². The molecule has 0 fully saturated rings. The molecule has 0 radical (unpaired) electrons. The van der Waals surface area contributed by atoms with Gasteiger partial charge >= 0.3 is 5.97 Å². The van der Waals surface area contributed by atoms with E-state index in [9.17, 15) is 4.79 Å². The fourth-order valence-corrected chi connectivity index (χ4v) is 1.56. The zero-order chi connectivity index (χ0) is 10.6.